The molecule has 0 aromatic heterocycles. The molecule has 0 bridgehead atoms. The lowest BCUT2D eigenvalue weighted by molar-refractivity contribution is -0.885. The first-order valence-electron chi connectivity index (χ1n) is 7.62. The van der Waals surface area contributed by atoms with Crippen LogP contribution >= 0.6 is 0 Å². The van der Waals surface area contributed by atoms with Crippen LogP contribution in [0, 0.1) is 11.6 Å². The van der Waals surface area contributed by atoms with Gasteiger partial charge in [0.1, 0.15) is 23.9 Å². The highest BCUT2D eigenvalue weighted by molar-refractivity contribution is 5.91. The van der Waals surface area contributed by atoms with Crippen LogP contribution in [0.5, 0.6) is 0 Å². The molecule has 23 heavy (non-hydrogen) atoms. The van der Waals surface area contributed by atoms with Crippen molar-refractivity contribution in [2.75, 3.05) is 18.9 Å². The zero-order chi connectivity index (χ0) is 16.8. The Bertz CT molecular complexity index is 651. The molecule has 0 aliphatic carbocycles. The minimum absolute atomic E-state index is 0.128. The van der Waals surface area contributed by atoms with Gasteiger partial charge in [0.2, 0.25) is 0 Å². The summed E-state index contributed by atoms with van der Waals surface area (Å²) in [5.74, 6) is -1.96. The van der Waals surface area contributed by atoms with Gasteiger partial charge in [-0.1, -0.05) is 37.3 Å². The third kappa shape index (κ3) is 4.86. The first-order valence-corrected chi connectivity index (χ1v) is 7.62. The lowest BCUT2D eigenvalue weighted by Gasteiger charge is -2.14. The number of benzene rings is 2. The van der Waals surface area contributed by atoms with E-state index in [-0.39, 0.29) is 6.54 Å². The van der Waals surface area contributed by atoms with Crippen molar-refractivity contribution in [1.82, 2.24) is 0 Å². The van der Waals surface area contributed by atoms with Crippen molar-refractivity contribution in [3.63, 3.8) is 0 Å². The number of quaternary nitrogens is 1. The van der Waals surface area contributed by atoms with Gasteiger partial charge in [-0.15, -0.1) is 0 Å². The second-order valence-corrected chi connectivity index (χ2v) is 5.63. The second-order valence-electron chi connectivity index (χ2n) is 5.63. The molecule has 2 aromatic carbocycles. The van der Waals surface area contributed by atoms with Gasteiger partial charge in [-0.2, -0.15) is 0 Å². The van der Waals surface area contributed by atoms with Gasteiger partial charge in [0.25, 0.3) is 5.91 Å². The molecule has 0 spiro atoms. The van der Waals surface area contributed by atoms with Crippen LogP contribution in [0.3, 0.4) is 0 Å². The van der Waals surface area contributed by atoms with Crippen molar-refractivity contribution in [1.29, 1.82) is 0 Å². The van der Waals surface area contributed by atoms with Crippen LogP contribution in [0.25, 0.3) is 0 Å². The van der Waals surface area contributed by atoms with E-state index in [1.807, 2.05) is 19.2 Å². The van der Waals surface area contributed by atoms with Crippen LogP contribution in [-0.4, -0.2) is 19.5 Å². The molecule has 0 aliphatic heterocycles. The summed E-state index contributed by atoms with van der Waals surface area (Å²) in [6, 6.07) is 11.7. The van der Waals surface area contributed by atoms with Crippen LogP contribution in [-0.2, 0) is 17.8 Å². The third-order valence-corrected chi connectivity index (χ3v) is 3.63. The minimum Gasteiger partial charge on any atom is -0.326 e. The van der Waals surface area contributed by atoms with Crippen molar-refractivity contribution >= 4 is 11.6 Å². The molecular formula is C18H21F2N2O+. The van der Waals surface area contributed by atoms with Gasteiger partial charge in [-0.05, 0) is 24.1 Å². The van der Waals surface area contributed by atoms with Crippen molar-refractivity contribution in [2.45, 2.75) is 19.9 Å². The maximum atomic E-state index is 13.5. The Balaban J connectivity index is 1.91. The average molecular weight is 319 g/mol. The number of amides is 1. The molecule has 0 radical (unpaired) electrons. The Labute approximate surface area is 134 Å². The maximum Gasteiger partial charge on any atom is 0.279 e. The molecule has 2 N–H and O–H groups in total. The molecule has 0 aliphatic rings. The van der Waals surface area contributed by atoms with Crippen molar-refractivity contribution < 1.29 is 18.5 Å². The van der Waals surface area contributed by atoms with E-state index in [2.05, 4.69) is 24.4 Å². The van der Waals surface area contributed by atoms with Crippen molar-refractivity contribution in [2.24, 2.45) is 0 Å². The Morgan fingerprint density at radius 2 is 1.61 bits per heavy atom. The molecule has 0 saturated carbocycles. The summed E-state index contributed by atoms with van der Waals surface area (Å²) in [5, 5.41) is 2.30. The summed E-state index contributed by atoms with van der Waals surface area (Å²) in [7, 11) is 1.87. The fraction of sp³-hybridized carbons (Fsp3) is 0.278. The third-order valence-electron chi connectivity index (χ3n) is 3.63. The SMILES string of the molecule is CCc1ccc(C[NH+](C)CC(=O)Nc2c(F)cccc2F)cc1. The summed E-state index contributed by atoms with van der Waals surface area (Å²) < 4.78 is 27.0. The standard InChI is InChI=1S/C18H20F2N2O/c1-3-13-7-9-14(10-8-13)11-22(2)12-17(23)21-18-15(19)5-4-6-16(18)20/h4-10H,3,11-12H2,1-2H3,(H,21,23)/p+1. The van der Waals surface area contributed by atoms with Crippen LogP contribution in [0.4, 0.5) is 14.5 Å². The summed E-state index contributed by atoms with van der Waals surface area (Å²) in [6.45, 7) is 2.89. The van der Waals surface area contributed by atoms with Crippen LogP contribution in [0.1, 0.15) is 18.1 Å². The normalized spacial score (nSPS) is 12.0. The molecular weight excluding hydrogens is 298 g/mol. The molecule has 1 atom stereocenters. The van der Waals surface area contributed by atoms with Crippen molar-refractivity contribution in [3.8, 4) is 0 Å². The molecule has 0 heterocycles. The second kappa shape index (κ2) is 7.83. The molecule has 1 amide bonds. The molecule has 2 rings (SSSR count). The van der Waals surface area contributed by atoms with Crippen LogP contribution in [0.2, 0.25) is 0 Å². The van der Waals surface area contributed by atoms with Crippen molar-refractivity contribution in [3.05, 3.63) is 65.2 Å². The number of hydrogen-bond donors (Lipinski definition) is 2. The molecule has 0 fully saturated rings. The zero-order valence-corrected chi connectivity index (χ0v) is 13.3. The first-order chi connectivity index (χ1) is 11.0. The zero-order valence-electron chi connectivity index (χ0n) is 13.3. The van der Waals surface area contributed by atoms with Gasteiger partial charge in [0, 0.05) is 5.56 Å². The number of nitrogens with one attached hydrogen (secondary N) is 2. The highest BCUT2D eigenvalue weighted by Gasteiger charge is 2.15. The lowest BCUT2D eigenvalue weighted by Crippen LogP contribution is -3.08. The highest BCUT2D eigenvalue weighted by atomic mass is 19.1. The van der Waals surface area contributed by atoms with Crippen LogP contribution < -0.4 is 10.2 Å². The number of anilines is 1. The van der Waals surface area contributed by atoms with E-state index >= 15 is 0 Å². The number of rotatable bonds is 6. The average Bonchev–Trinajstić information content (AvgIpc) is 2.51. The Morgan fingerprint density at radius 1 is 1.04 bits per heavy atom. The molecule has 2 aromatic rings. The topological polar surface area (TPSA) is 33.5 Å². The lowest BCUT2D eigenvalue weighted by atomic mass is 10.1. The van der Waals surface area contributed by atoms with Gasteiger partial charge in [0.15, 0.2) is 6.54 Å². The van der Waals surface area contributed by atoms with E-state index in [0.29, 0.717) is 6.54 Å². The van der Waals surface area contributed by atoms with E-state index in [4.69, 9.17) is 0 Å². The number of aryl methyl sites for hydroxylation is 1. The maximum absolute atomic E-state index is 13.5. The van der Waals surface area contributed by atoms with Gasteiger partial charge in [-0.3, -0.25) is 4.79 Å². The fourth-order valence-electron chi connectivity index (χ4n) is 2.38. The van der Waals surface area contributed by atoms with Gasteiger partial charge in [0.05, 0.1) is 7.05 Å². The number of para-hydroxylation sites is 1. The molecule has 5 heteroatoms. The van der Waals surface area contributed by atoms with E-state index < -0.39 is 23.2 Å². The number of carbonyl (C=O) groups is 1. The predicted octanol–water partition coefficient (Wildman–Crippen LogP) is 2.18. The van der Waals surface area contributed by atoms with Gasteiger partial charge in [-0.25, -0.2) is 8.78 Å². The summed E-state index contributed by atoms with van der Waals surface area (Å²) >= 11 is 0. The number of hydrogen-bond acceptors (Lipinski definition) is 1. The minimum atomic E-state index is -0.772. The number of carbonyl (C=O) groups excluding carboxylic acids is 1. The predicted molar refractivity (Wildman–Crippen MR) is 86.3 cm³/mol. The Hall–Kier alpha value is -2.27. The molecule has 0 saturated heterocycles. The van der Waals surface area contributed by atoms with E-state index in [0.717, 1.165) is 29.0 Å². The molecule has 122 valence electrons. The van der Waals surface area contributed by atoms with E-state index in [1.165, 1.54) is 11.6 Å². The highest BCUT2D eigenvalue weighted by Crippen LogP contribution is 2.17. The number of likely N-dealkylation sites (N-methyl/N-ethyl adjacent to an activating group) is 1. The smallest absolute Gasteiger partial charge is 0.279 e. The Kier molecular flexibility index (Phi) is 5.82. The fourth-order valence-corrected chi connectivity index (χ4v) is 2.38. The van der Waals surface area contributed by atoms with Crippen LogP contribution in [0.15, 0.2) is 42.5 Å². The summed E-state index contributed by atoms with van der Waals surface area (Å²) in [6.07, 6.45) is 0.986. The van der Waals surface area contributed by atoms with Gasteiger partial charge >= 0.3 is 0 Å². The van der Waals surface area contributed by atoms with Gasteiger partial charge < -0.3 is 10.2 Å². The largest absolute Gasteiger partial charge is 0.326 e. The summed E-state index contributed by atoms with van der Waals surface area (Å²) in [5.41, 5.74) is 1.99. The first kappa shape index (κ1) is 17.1. The quantitative estimate of drug-likeness (QED) is 0.841. The number of halogens is 2. The monoisotopic (exact) mass is 319 g/mol. The molecule has 3 nitrogen and oxygen atoms in total. The van der Waals surface area contributed by atoms with E-state index in [9.17, 15) is 13.6 Å². The molecule has 1 unspecified atom stereocenters. The Morgan fingerprint density at radius 3 is 2.17 bits per heavy atom. The summed E-state index contributed by atoms with van der Waals surface area (Å²) in [4.78, 5) is 12.9. The van der Waals surface area contributed by atoms with E-state index in [1.54, 1.807) is 0 Å².